The monoisotopic (exact) mass is 308 g/mol. The molecule has 0 fully saturated rings. The van der Waals surface area contributed by atoms with Crippen LogP contribution in [0.5, 0.6) is 0 Å². The molecule has 1 aromatic heterocycles. The summed E-state index contributed by atoms with van der Waals surface area (Å²) in [4.78, 5) is 0.220. The fourth-order valence-electron chi connectivity index (χ4n) is 2.37. The first-order valence-corrected chi connectivity index (χ1v) is 8.20. The number of sulfonamides is 1. The first-order chi connectivity index (χ1) is 9.85. The molecule has 5 nitrogen and oxygen atoms in total. The van der Waals surface area contributed by atoms with E-state index in [1.807, 2.05) is 19.9 Å². The van der Waals surface area contributed by atoms with Gasteiger partial charge in [-0.25, -0.2) is 13.1 Å². The molecule has 0 spiro atoms. The van der Waals surface area contributed by atoms with Crippen LogP contribution in [0.4, 0.5) is 0 Å². The molecule has 3 N–H and O–H groups in total. The van der Waals surface area contributed by atoms with Crippen molar-refractivity contribution in [2.45, 2.75) is 38.3 Å². The Bertz CT molecular complexity index is 735. The standard InChI is InChI=1S/C15H20N2O3S/c1-10-8-14(12(3)20-10)11(2)17-21(18,19)15-7-5-4-6-13(15)9-16/h4-8,11,17H,9,16H2,1-3H3. The van der Waals surface area contributed by atoms with Gasteiger partial charge in [0.1, 0.15) is 11.5 Å². The topological polar surface area (TPSA) is 85.3 Å². The Hall–Kier alpha value is -1.63. The van der Waals surface area contributed by atoms with Crippen LogP contribution in [0, 0.1) is 13.8 Å². The third-order valence-corrected chi connectivity index (χ3v) is 5.00. The largest absolute Gasteiger partial charge is 0.466 e. The lowest BCUT2D eigenvalue weighted by Gasteiger charge is -2.15. The predicted octanol–water partition coefficient (Wildman–Crippen LogP) is 2.39. The maximum atomic E-state index is 12.5. The van der Waals surface area contributed by atoms with Crippen molar-refractivity contribution >= 4 is 10.0 Å². The number of furan rings is 1. The summed E-state index contributed by atoms with van der Waals surface area (Å²) in [6, 6.07) is 8.20. The summed E-state index contributed by atoms with van der Waals surface area (Å²) in [7, 11) is -3.63. The quantitative estimate of drug-likeness (QED) is 0.888. The van der Waals surface area contributed by atoms with Gasteiger partial charge < -0.3 is 10.2 Å². The zero-order valence-electron chi connectivity index (χ0n) is 12.4. The minimum atomic E-state index is -3.63. The van der Waals surface area contributed by atoms with Crippen molar-refractivity contribution in [3.05, 3.63) is 53.0 Å². The van der Waals surface area contributed by atoms with Crippen molar-refractivity contribution in [2.75, 3.05) is 0 Å². The fourth-order valence-corrected chi connectivity index (χ4v) is 3.85. The molecule has 0 aliphatic carbocycles. The van der Waals surface area contributed by atoms with E-state index < -0.39 is 10.0 Å². The van der Waals surface area contributed by atoms with Gasteiger partial charge in [-0.15, -0.1) is 0 Å². The lowest BCUT2D eigenvalue weighted by Crippen LogP contribution is -2.28. The van der Waals surface area contributed by atoms with Crippen molar-refractivity contribution < 1.29 is 12.8 Å². The van der Waals surface area contributed by atoms with Crippen molar-refractivity contribution in [3.63, 3.8) is 0 Å². The van der Waals surface area contributed by atoms with Gasteiger partial charge in [0.2, 0.25) is 10.0 Å². The van der Waals surface area contributed by atoms with Gasteiger partial charge in [0.25, 0.3) is 0 Å². The van der Waals surface area contributed by atoms with Gasteiger partial charge in [-0.2, -0.15) is 0 Å². The Morgan fingerprint density at radius 2 is 1.95 bits per heavy atom. The van der Waals surface area contributed by atoms with Crippen LogP contribution in [0.3, 0.4) is 0 Å². The highest BCUT2D eigenvalue weighted by molar-refractivity contribution is 7.89. The molecule has 1 unspecified atom stereocenters. The molecule has 6 heteroatoms. The molecule has 114 valence electrons. The zero-order chi connectivity index (χ0) is 15.6. The van der Waals surface area contributed by atoms with E-state index in [0.717, 1.165) is 17.1 Å². The van der Waals surface area contributed by atoms with Crippen LogP contribution in [-0.2, 0) is 16.6 Å². The minimum absolute atomic E-state index is 0.176. The highest BCUT2D eigenvalue weighted by atomic mass is 32.2. The number of nitrogens with two attached hydrogens (primary N) is 1. The van der Waals surface area contributed by atoms with Gasteiger partial charge in [-0.3, -0.25) is 0 Å². The summed E-state index contributed by atoms with van der Waals surface area (Å²) in [6.07, 6.45) is 0. The second-order valence-corrected chi connectivity index (χ2v) is 6.71. The summed E-state index contributed by atoms with van der Waals surface area (Å²) in [6.45, 7) is 5.62. The lowest BCUT2D eigenvalue weighted by molar-refractivity contribution is 0.496. The van der Waals surface area contributed by atoms with Crippen molar-refractivity contribution in [3.8, 4) is 0 Å². The number of aryl methyl sites for hydroxylation is 2. The van der Waals surface area contributed by atoms with Crippen LogP contribution < -0.4 is 10.5 Å². The molecule has 2 rings (SSSR count). The molecular formula is C15H20N2O3S. The number of rotatable bonds is 5. The normalized spacial score (nSPS) is 13.3. The third kappa shape index (κ3) is 3.34. The Kier molecular flexibility index (Phi) is 4.51. The molecule has 0 amide bonds. The molecule has 21 heavy (non-hydrogen) atoms. The molecule has 0 saturated heterocycles. The van der Waals surface area contributed by atoms with Crippen LogP contribution in [0.25, 0.3) is 0 Å². The van der Waals surface area contributed by atoms with E-state index in [0.29, 0.717) is 5.56 Å². The third-order valence-electron chi connectivity index (χ3n) is 3.36. The summed E-state index contributed by atoms with van der Waals surface area (Å²) in [5.74, 6) is 1.48. The van der Waals surface area contributed by atoms with Gasteiger partial charge in [-0.1, -0.05) is 18.2 Å². The average Bonchev–Trinajstić information content (AvgIpc) is 2.77. The SMILES string of the molecule is Cc1cc(C(C)NS(=O)(=O)c2ccccc2CN)c(C)o1. The molecule has 0 bridgehead atoms. The Labute approximate surface area is 125 Å². The molecule has 0 radical (unpaired) electrons. The first kappa shape index (κ1) is 15.8. The van der Waals surface area contributed by atoms with Crippen molar-refractivity contribution in [2.24, 2.45) is 5.73 Å². The van der Waals surface area contributed by atoms with Gasteiger partial charge in [0.15, 0.2) is 0 Å². The zero-order valence-corrected chi connectivity index (χ0v) is 13.2. The van der Waals surface area contributed by atoms with Gasteiger partial charge in [-0.05, 0) is 38.5 Å². The van der Waals surface area contributed by atoms with Crippen LogP contribution in [0.1, 0.15) is 35.6 Å². The summed E-state index contributed by atoms with van der Waals surface area (Å²) in [5, 5.41) is 0. The molecule has 2 aromatic rings. The number of nitrogens with one attached hydrogen (secondary N) is 1. The molecule has 1 aromatic carbocycles. The van der Waals surface area contributed by atoms with E-state index in [4.69, 9.17) is 10.2 Å². The Morgan fingerprint density at radius 3 is 2.52 bits per heavy atom. The van der Waals surface area contributed by atoms with Crippen LogP contribution >= 0.6 is 0 Å². The molecular weight excluding hydrogens is 288 g/mol. The fraction of sp³-hybridized carbons (Fsp3) is 0.333. The molecule has 0 aliphatic heterocycles. The van der Waals surface area contributed by atoms with E-state index >= 15 is 0 Å². The van der Waals surface area contributed by atoms with Crippen molar-refractivity contribution in [1.29, 1.82) is 0 Å². The number of hydrogen-bond acceptors (Lipinski definition) is 4. The van der Waals surface area contributed by atoms with Crippen LogP contribution in [0.15, 0.2) is 39.6 Å². The Balaban J connectivity index is 2.31. The van der Waals surface area contributed by atoms with Crippen molar-refractivity contribution in [1.82, 2.24) is 4.72 Å². The van der Waals surface area contributed by atoms with Gasteiger partial charge >= 0.3 is 0 Å². The average molecular weight is 308 g/mol. The number of hydrogen-bond donors (Lipinski definition) is 2. The summed E-state index contributed by atoms with van der Waals surface area (Å²) >= 11 is 0. The highest BCUT2D eigenvalue weighted by Crippen LogP contribution is 2.24. The minimum Gasteiger partial charge on any atom is -0.466 e. The van der Waals surface area contributed by atoms with E-state index in [-0.39, 0.29) is 17.5 Å². The van der Waals surface area contributed by atoms with E-state index in [1.165, 1.54) is 0 Å². The molecule has 1 atom stereocenters. The maximum Gasteiger partial charge on any atom is 0.241 e. The molecule has 1 heterocycles. The van der Waals surface area contributed by atoms with Crippen LogP contribution in [-0.4, -0.2) is 8.42 Å². The van der Waals surface area contributed by atoms with Gasteiger partial charge in [0, 0.05) is 18.2 Å². The van der Waals surface area contributed by atoms with Gasteiger partial charge in [0.05, 0.1) is 4.90 Å². The van der Waals surface area contributed by atoms with E-state index in [2.05, 4.69) is 4.72 Å². The smallest absolute Gasteiger partial charge is 0.241 e. The summed E-state index contributed by atoms with van der Waals surface area (Å²) < 4.78 is 33.2. The molecule has 0 saturated carbocycles. The first-order valence-electron chi connectivity index (χ1n) is 6.72. The van der Waals surface area contributed by atoms with Crippen LogP contribution in [0.2, 0.25) is 0 Å². The second-order valence-electron chi connectivity index (χ2n) is 5.02. The maximum absolute atomic E-state index is 12.5. The molecule has 0 aliphatic rings. The number of benzene rings is 1. The highest BCUT2D eigenvalue weighted by Gasteiger charge is 2.22. The predicted molar refractivity (Wildman–Crippen MR) is 81.3 cm³/mol. The summed E-state index contributed by atoms with van der Waals surface area (Å²) in [5.41, 5.74) is 7.04. The van der Waals surface area contributed by atoms with E-state index in [1.54, 1.807) is 31.2 Å². The Morgan fingerprint density at radius 1 is 1.29 bits per heavy atom. The lowest BCUT2D eigenvalue weighted by atomic mass is 10.1. The van der Waals surface area contributed by atoms with E-state index in [9.17, 15) is 8.42 Å². The second kappa shape index (κ2) is 6.01.